The molecule has 0 spiro atoms. The molecular weight excluding hydrogens is 152 g/mol. The fraction of sp³-hybridized carbons (Fsp3) is 0.667. The minimum absolute atomic E-state index is 0.0370. The van der Waals surface area contributed by atoms with E-state index in [1.54, 1.807) is 7.05 Å². The lowest BCUT2D eigenvalue weighted by Gasteiger charge is -2.09. The molecule has 0 aliphatic rings. The SMILES string of the molecule is CNC(C)C(=O)NCC=C(C)C. The molecule has 3 heteroatoms. The predicted octanol–water partition coefficient (Wildman–Crippen LogP) is 0.677. The fourth-order valence-corrected chi connectivity index (χ4v) is 0.640. The van der Waals surface area contributed by atoms with Crippen LogP contribution in [0.15, 0.2) is 11.6 Å². The Balaban J connectivity index is 3.65. The average molecular weight is 170 g/mol. The third-order valence-corrected chi connectivity index (χ3v) is 1.61. The van der Waals surface area contributed by atoms with Crippen LogP contribution >= 0.6 is 0 Å². The van der Waals surface area contributed by atoms with Gasteiger partial charge in [0, 0.05) is 6.54 Å². The highest BCUT2D eigenvalue weighted by Crippen LogP contribution is 1.86. The minimum atomic E-state index is -0.115. The average Bonchev–Trinajstić information content (AvgIpc) is 2.02. The van der Waals surface area contributed by atoms with E-state index in [-0.39, 0.29) is 11.9 Å². The van der Waals surface area contributed by atoms with Crippen molar-refractivity contribution in [3.63, 3.8) is 0 Å². The first-order valence-corrected chi connectivity index (χ1v) is 4.16. The molecule has 70 valence electrons. The molecule has 0 saturated carbocycles. The van der Waals surface area contributed by atoms with Crippen molar-refractivity contribution in [2.75, 3.05) is 13.6 Å². The van der Waals surface area contributed by atoms with Gasteiger partial charge in [-0.25, -0.2) is 0 Å². The van der Waals surface area contributed by atoms with Crippen LogP contribution in [0, 0.1) is 0 Å². The van der Waals surface area contributed by atoms with Crippen molar-refractivity contribution < 1.29 is 4.79 Å². The second-order valence-electron chi connectivity index (χ2n) is 3.04. The van der Waals surface area contributed by atoms with Gasteiger partial charge in [-0.2, -0.15) is 0 Å². The van der Waals surface area contributed by atoms with Gasteiger partial charge in [-0.3, -0.25) is 4.79 Å². The molecule has 1 amide bonds. The number of rotatable bonds is 4. The molecule has 0 aliphatic heterocycles. The lowest BCUT2D eigenvalue weighted by atomic mass is 10.3. The minimum Gasteiger partial charge on any atom is -0.351 e. The Morgan fingerprint density at radius 2 is 2.08 bits per heavy atom. The largest absolute Gasteiger partial charge is 0.351 e. The van der Waals surface area contributed by atoms with E-state index >= 15 is 0 Å². The molecule has 12 heavy (non-hydrogen) atoms. The van der Waals surface area contributed by atoms with Crippen LogP contribution in [0.25, 0.3) is 0 Å². The van der Waals surface area contributed by atoms with Crippen LogP contribution in [0.2, 0.25) is 0 Å². The van der Waals surface area contributed by atoms with Crippen LogP contribution in [0.3, 0.4) is 0 Å². The summed E-state index contributed by atoms with van der Waals surface area (Å²) in [6.45, 7) is 6.46. The van der Waals surface area contributed by atoms with Gasteiger partial charge in [0.05, 0.1) is 6.04 Å². The molecule has 0 aliphatic carbocycles. The van der Waals surface area contributed by atoms with Gasteiger partial charge in [0.2, 0.25) is 5.91 Å². The van der Waals surface area contributed by atoms with E-state index in [4.69, 9.17) is 0 Å². The molecule has 0 heterocycles. The van der Waals surface area contributed by atoms with Crippen molar-refractivity contribution in [2.24, 2.45) is 0 Å². The zero-order chi connectivity index (χ0) is 9.56. The van der Waals surface area contributed by atoms with E-state index in [0.29, 0.717) is 6.54 Å². The number of amides is 1. The molecular formula is C9H18N2O. The molecule has 0 radical (unpaired) electrons. The van der Waals surface area contributed by atoms with Crippen LogP contribution in [0.4, 0.5) is 0 Å². The summed E-state index contributed by atoms with van der Waals surface area (Å²) in [5.41, 5.74) is 1.22. The number of hydrogen-bond donors (Lipinski definition) is 2. The smallest absolute Gasteiger partial charge is 0.237 e. The number of nitrogens with one attached hydrogen (secondary N) is 2. The predicted molar refractivity (Wildman–Crippen MR) is 51.0 cm³/mol. The third kappa shape index (κ3) is 4.91. The Kier molecular flexibility index (Phi) is 5.37. The van der Waals surface area contributed by atoms with Gasteiger partial charge in [-0.05, 0) is 27.8 Å². The summed E-state index contributed by atoms with van der Waals surface area (Å²) in [5, 5.41) is 5.66. The normalized spacial score (nSPS) is 12.0. The first-order valence-electron chi connectivity index (χ1n) is 4.16. The van der Waals surface area contributed by atoms with Crippen LogP contribution in [0.5, 0.6) is 0 Å². The van der Waals surface area contributed by atoms with Crippen LogP contribution in [0.1, 0.15) is 20.8 Å². The van der Waals surface area contributed by atoms with Crippen molar-refractivity contribution in [2.45, 2.75) is 26.8 Å². The molecule has 0 aromatic rings. The molecule has 2 N–H and O–H groups in total. The summed E-state index contributed by atoms with van der Waals surface area (Å²) in [7, 11) is 1.77. The molecule has 1 atom stereocenters. The molecule has 0 aromatic heterocycles. The van der Waals surface area contributed by atoms with E-state index < -0.39 is 0 Å². The summed E-state index contributed by atoms with van der Waals surface area (Å²) in [6.07, 6.45) is 1.99. The number of allylic oxidation sites excluding steroid dienone is 1. The lowest BCUT2D eigenvalue weighted by Crippen LogP contribution is -2.40. The Hall–Kier alpha value is -0.830. The summed E-state index contributed by atoms with van der Waals surface area (Å²) < 4.78 is 0. The van der Waals surface area contributed by atoms with Gasteiger partial charge in [0.1, 0.15) is 0 Å². The second kappa shape index (κ2) is 5.77. The summed E-state index contributed by atoms with van der Waals surface area (Å²) >= 11 is 0. The van der Waals surface area contributed by atoms with E-state index in [0.717, 1.165) is 0 Å². The first-order chi connectivity index (χ1) is 5.57. The van der Waals surface area contributed by atoms with Gasteiger partial charge >= 0.3 is 0 Å². The van der Waals surface area contributed by atoms with Crippen molar-refractivity contribution >= 4 is 5.91 Å². The fourth-order valence-electron chi connectivity index (χ4n) is 0.640. The molecule has 3 nitrogen and oxygen atoms in total. The Labute approximate surface area is 74.2 Å². The lowest BCUT2D eigenvalue weighted by molar-refractivity contribution is -0.122. The monoisotopic (exact) mass is 170 g/mol. The Morgan fingerprint density at radius 1 is 1.50 bits per heavy atom. The van der Waals surface area contributed by atoms with E-state index in [2.05, 4.69) is 10.6 Å². The molecule has 0 fully saturated rings. The zero-order valence-corrected chi connectivity index (χ0v) is 8.27. The number of hydrogen-bond acceptors (Lipinski definition) is 2. The number of likely N-dealkylation sites (N-methyl/N-ethyl adjacent to an activating group) is 1. The summed E-state index contributed by atoms with van der Waals surface area (Å²) in [4.78, 5) is 11.2. The first kappa shape index (κ1) is 11.2. The molecule has 0 bridgehead atoms. The van der Waals surface area contributed by atoms with Gasteiger partial charge in [0.25, 0.3) is 0 Å². The maximum Gasteiger partial charge on any atom is 0.237 e. The Morgan fingerprint density at radius 3 is 2.50 bits per heavy atom. The summed E-state index contributed by atoms with van der Waals surface area (Å²) in [5.74, 6) is 0.0370. The maximum atomic E-state index is 11.2. The van der Waals surface area contributed by atoms with Gasteiger partial charge in [0.15, 0.2) is 0 Å². The van der Waals surface area contributed by atoms with Crippen LogP contribution in [-0.2, 0) is 4.79 Å². The van der Waals surface area contributed by atoms with E-state index in [9.17, 15) is 4.79 Å². The quantitative estimate of drug-likeness (QED) is 0.609. The van der Waals surface area contributed by atoms with Crippen molar-refractivity contribution in [3.8, 4) is 0 Å². The molecule has 0 aromatic carbocycles. The summed E-state index contributed by atoms with van der Waals surface area (Å²) in [6, 6.07) is -0.115. The van der Waals surface area contributed by atoms with Crippen molar-refractivity contribution in [1.29, 1.82) is 0 Å². The highest BCUT2D eigenvalue weighted by Gasteiger charge is 2.07. The highest BCUT2D eigenvalue weighted by molar-refractivity contribution is 5.81. The number of carbonyl (C=O) groups excluding carboxylic acids is 1. The molecule has 1 unspecified atom stereocenters. The second-order valence-corrected chi connectivity index (χ2v) is 3.04. The zero-order valence-electron chi connectivity index (χ0n) is 8.27. The highest BCUT2D eigenvalue weighted by atomic mass is 16.2. The van der Waals surface area contributed by atoms with Crippen molar-refractivity contribution in [1.82, 2.24) is 10.6 Å². The standard InChI is InChI=1S/C9H18N2O/c1-7(2)5-6-11-9(12)8(3)10-4/h5,8,10H,6H2,1-4H3,(H,11,12). The van der Waals surface area contributed by atoms with E-state index in [1.807, 2.05) is 26.8 Å². The van der Waals surface area contributed by atoms with Gasteiger partial charge in [-0.15, -0.1) is 0 Å². The van der Waals surface area contributed by atoms with Crippen LogP contribution < -0.4 is 10.6 Å². The topological polar surface area (TPSA) is 41.1 Å². The maximum absolute atomic E-state index is 11.2. The van der Waals surface area contributed by atoms with E-state index in [1.165, 1.54) is 5.57 Å². The molecule has 0 saturated heterocycles. The van der Waals surface area contributed by atoms with Gasteiger partial charge in [-0.1, -0.05) is 11.6 Å². The number of carbonyl (C=O) groups is 1. The van der Waals surface area contributed by atoms with Gasteiger partial charge < -0.3 is 10.6 Å². The van der Waals surface area contributed by atoms with Crippen molar-refractivity contribution in [3.05, 3.63) is 11.6 Å². The molecule has 0 rings (SSSR count). The van der Waals surface area contributed by atoms with Crippen LogP contribution in [-0.4, -0.2) is 25.5 Å². The third-order valence-electron chi connectivity index (χ3n) is 1.61. The Bertz CT molecular complexity index is 171.